The van der Waals surface area contributed by atoms with Crippen LogP contribution in [-0.4, -0.2) is 19.1 Å². The monoisotopic (exact) mass is 271 g/mol. The quantitative estimate of drug-likeness (QED) is 0.911. The largest absolute Gasteiger partial charge is 0.372 e. The zero-order chi connectivity index (χ0) is 11.3. The molecule has 0 aliphatic heterocycles. The van der Waals surface area contributed by atoms with Gasteiger partial charge in [-0.05, 0) is 18.6 Å². The Hall–Kier alpha value is -0.870. The molecule has 0 aromatic heterocycles. The van der Waals surface area contributed by atoms with Gasteiger partial charge in [0.05, 0.1) is 0 Å². The topological polar surface area (TPSA) is 38.3 Å². The van der Waals surface area contributed by atoms with Crippen molar-refractivity contribution in [2.24, 2.45) is 0 Å². The van der Waals surface area contributed by atoms with Crippen LogP contribution in [0.2, 0.25) is 0 Å². The summed E-state index contributed by atoms with van der Waals surface area (Å²) in [6.07, 6.45) is -0.410. The predicted octanol–water partition coefficient (Wildman–Crippen LogP) is 2.10. The van der Waals surface area contributed by atoms with Crippen molar-refractivity contribution in [1.82, 2.24) is 5.32 Å². The third-order valence-electron chi connectivity index (χ3n) is 2.13. The Bertz CT molecular complexity index is 341. The molecule has 1 atom stereocenters. The van der Waals surface area contributed by atoms with E-state index >= 15 is 0 Å². The standard InChI is InChI=1S/C11H14BrNO2/c1-8(15-2)11(14)13-7-9-5-3-4-6-10(9)12/h3-6,8H,7H2,1-2H3,(H,13,14). The van der Waals surface area contributed by atoms with Crippen molar-refractivity contribution in [2.75, 3.05) is 7.11 Å². The molecule has 3 nitrogen and oxygen atoms in total. The summed E-state index contributed by atoms with van der Waals surface area (Å²) >= 11 is 3.42. The van der Waals surface area contributed by atoms with Gasteiger partial charge in [-0.25, -0.2) is 0 Å². The van der Waals surface area contributed by atoms with Crippen molar-refractivity contribution in [2.45, 2.75) is 19.6 Å². The van der Waals surface area contributed by atoms with E-state index in [0.717, 1.165) is 10.0 Å². The summed E-state index contributed by atoms with van der Waals surface area (Å²) in [6.45, 7) is 2.23. The van der Waals surface area contributed by atoms with Crippen molar-refractivity contribution in [3.63, 3.8) is 0 Å². The average molecular weight is 272 g/mol. The van der Waals surface area contributed by atoms with E-state index in [1.165, 1.54) is 7.11 Å². The number of carbonyl (C=O) groups excluding carboxylic acids is 1. The number of methoxy groups -OCH3 is 1. The van der Waals surface area contributed by atoms with Crippen LogP contribution in [0.15, 0.2) is 28.7 Å². The lowest BCUT2D eigenvalue weighted by atomic mass is 10.2. The fourth-order valence-electron chi connectivity index (χ4n) is 1.07. The second-order valence-electron chi connectivity index (χ2n) is 3.19. The van der Waals surface area contributed by atoms with Crippen molar-refractivity contribution < 1.29 is 9.53 Å². The van der Waals surface area contributed by atoms with Crippen LogP contribution in [-0.2, 0) is 16.1 Å². The molecule has 0 heterocycles. The van der Waals surface area contributed by atoms with Gasteiger partial charge in [-0.2, -0.15) is 0 Å². The van der Waals surface area contributed by atoms with E-state index in [-0.39, 0.29) is 5.91 Å². The van der Waals surface area contributed by atoms with Gasteiger partial charge in [-0.15, -0.1) is 0 Å². The Labute approximate surface area is 97.9 Å². The van der Waals surface area contributed by atoms with Crippen LogP contribution < -0.4 is 5.32 Å². The second kappa shape index (κ2) is 5.88. The number of hydrogen-bond acceptors (Lipinski definition) is 2. The van der Waals surface area contributed by atoms with E-state index in [4.69, 9.17) is 4.74 Å². The molecule has 0 spiro atoms. The summed E-state index contributed by atoms with van der Waals surface area (Å²) in [5.41, 5.74) is 1.05. The highest BCUT2D eigenvalue weighted by Crippen LogP contribution is 2.15. The number of nitrogens with one attached hydrogen (secondary N) is 1. The van der Waals surface area contributed by atoms with Crippen LogP contribution in [0.4, 0.5) is 0 Å². The molecule has 0 saturated carbocycles. The molecule has 0 fully saturated rings. The first-order valence-corrected chi connectivity index (χ1v) is 5.48. The maximum Gasteiger partial charge on any atom is 0.249 e. The minimum absolute atomic E-state index is 0.103. The van der Waals surface area contributed by atoms with Gasteiger partial charge in [-0.1, -0.05) is 34.1 Å². The Morgan fingerprint density at radius 1 is 1.53 bits per heavy atom. The molecule has 0 aliphatic rings. The number of ether oxygens (including phenoxy) is 1. The second-order valence-corrected chi connectivity index (χ2v) is 4.04. The third-order valence-corrected chi connectivity index (χ3v) is 2.91. The molecule has 1 N–H and O–H groups in total. The van der Waals surface area contributed by atoms with Crippen molar-refractivity contribution in [3.8, 4) is 0 Å². The summed E-state index contributed by atoms with van der Waals surface area (Å²) in [6, 6.07) is 7.78. The van der Waals surface area contributed by atoms with E-state index in [1.54, 1.807) is 6.92 Å². The summed E-state index contributed by atoms with van der Waals surface area (Å²) < 4.78 is 5.90. The van der Waals surface area contributed by atoms with Gasteiger partial charge in [0.2, 0.25) is 5.91 Å². The van der Waals surface area contributed by atoms with Gasteiger partial charge >= 0.3 is 0 Å². The van der Waals surface area contributed by atoms with Crippen LogP contribution in [0, 0.1) is 0 Å². The first-order valence-electron chi connectivity index (χ1n) is 4.69. The lowest BCUT2D eigenvalue weighted by Gasteiger charge is -2.11. The Morgan fingerprint density at radius 3 is 2.80 bits per heavy atom. The van der Waals surface area contributed by atoms with Crippen LogP contribution in [0.25, 0.3) is 0 Å². The van der Waals surface area contributed by atoms with Crippen LogP contribution in [0.5, 0.6) is 0 Å². The number of benzene rings is 1. The molecule has 1 unspecified atom stereocenters. The van der Waals surface area contributed by atoms with Crippen molar-refractivity contribution >= 4 is 21.8 Å². The Balaban J connectivity index is 2.51. The minimum Gasteiger partial charge on any atom is -0.372 e. The van der Waals surface area contributed by atoms with Crippen LogP contribution in [0.1, 0.15) is 12.5 Å². The smallest absolute Gasteiger partial charge is 0.249 e. The summed E-state index contributed by atoms with van der Waals surface area (Å²) in [5, 5.41) is 2.80. The van der Waals surface area contributed by atoms with E-state index in [0.29, 0.717) is 6.54 Å². The number of hydrogen-bond donors (Lipinski definition) is 1. The van der Waals surface area contributed by atoms with Crippen LogP contribution in [0.3, 0.4) is 0 Å². The van der Waals surface area contributed by atoms with Gasteiger partial charge in [-0.3, -0.25) is 4.79 Å². The zero-order valence-electron chi connectivity index (χ0n) is 8.79. The predicted molar refractivity (Wildman–Crippen MR) is 62.5 cm³/mol. The maximum atomic E-state index is 11.4. The molecular formula is C11H14BrNO2. The van der Waals surface area contributed by atoms with E-state index in [9.17, 15) is 4.79 Å². The van der Waals surface area contributed by atoms with Crippen molar-refractivity contribution in [3.05, 3.63) is 34.3 Å². The minimum atomic E-state index is -0.410. The number of halogens is 1. The SMILES string of the molecule is COC(C)C(=O)NCc1ccccc1Br. The summed E-state index contributed by atoms with van der Waals surface area (Å²) in [7, 11) is 1.52. The molecule has 4 heteroatoms. The maximum absolute atomic E-state index is 11.4. The first-order chi connectivity index (χ1) is 7.15. The summed E-state index contributed by atoms with van der Waals surface area (Å²) in [5.74, 6) is -0.103. The van der Waals surface area contributed by atoms with Gasteiger partial charge in [0.25, 0.3) is 0 Å². The first kappa shape index (κ1) is 12.2. The molecule has 82 valence electrons. The van der Waals surface area contributed by atoms with Gasteiger partial charge in [0.15, 0.2) is 0 Å². The highest BCUT2D eigenvalue weighted by atomic mass is 79.9. The lowest BCUT2D eigenvalue weighted by molar-refractivity contribution is -0.130. The molecule has 1 amide bonds. The fraction of sp³-hybridized carbons (Fsp3) is 0.364. The summed E-state index contributed by atoms with van der Waals surface area (Å²) in [4.78, 5) is 11.4. The number of carbonyl (C=O) groups is 1. The van der Waals surface area contributed by atoms with Crippen LogP contribution >= 0.6 is 15.9 Å². The third kappa shape index (κ3) is 3.64. The van der Waals surface area contributed by atoms with Gasteiger partial charge < -0.3 is 10.1 Å². The molecular weight excluding hydrogens is 258 g/mol. The van der Waals surface area contributed by atoms with Gasteiger partial charge in [0, 0.05) is 18.1 Å². The van der Waals surface area contributed by atoms with Gasteiger partial charge in [0.1, 0.15) is 6.10 Å². The molecule has 0 bridgehead atoms. The average Bonchev–Trinajstić information content (AvgIpc) is 2.26. The van der Waals surface area contributed by atoms with E-state index in [1.807, 2.05) is 24.3 Å². The normalized spacial score (nSPS) is 12.2. The molecule has 0 aliphatic carbocycles. The fourth-order valence-corrected chi connectivity index (χ4v) is 1.50. The molecule has 1 aromatic rings. The Kier molecular flexibility index (Phi) is 4.78. The number of amides is 1. The highest BCUT2D eigenvalue weighted by Gasteiger charge is 2.10. The molecule has 15 heavy (non-hydrogen) atoms. The van der Waals surface area contributed by atoms with Crippen molar-refractivity contribution in [1.29, 1.82) is 0 Å². The number of rotatable bonds is 4. The molecule has 0 radical (unpaired) electrons. The molecule has 1 rings (SSSR count). The Morgan fingerprint density at radius 2 is 2.20 bits per heavy atom. The van der Waals surface area contributed by atoms with E-state index in [2.05, 4.69) is 21.2 Å². The lowest BCUT2D eigenvalue weighted by Crippen LogP contribution is -2.33. The highest BCUT2D eigenvalue weighted by molar-refractivity contribution is 9.10. The zero-order valence-corrected chi connectivity index (χ0v) is 10.4. The molecule has 0 saturated heterocycles. The van der Waals surface area contributed by atoms with E-state index < -0.39 is 6.10 Å². The molecule has 1 aromatic carbocycles.